The number of anilines is 2. The van der Waals surface area contributed by atoms with Gasteiger partial charge in [0.05, 0.1) is 11.1 Å². The van der Waals surface area contributed by atoms with Crippen molar-refractivity contribution in [1.82, 2.24) is 9.88 Å². The summed E-state index contributed by atoms with van der Waals surface area (Å²) < 4.78 is 59.5. The second-order valence-corrected chi connectivity index (χ2v) is 8.67. The van der Waals surface area contributed by atoms with Gasteiger partial charge in [-0.15, -0.1) is 0 Å². The lowest BCUT2D eigenvalue weighted by Gasteiger charge is -2.20. The number of ether oxygens (including phenoxy) is 1. The summed E-state index contributed by atoms with van der Waals surface area (Å²) in [6.45, 7) is 1.44. The van der Waals surface area contributed by atoms with Crippen LogP contribution in [0.2, 0.25) is 0 Å². The normalized spacial score (nSPS) is 16.1. The summed E-state index contributed by atoms with van der Waals surface area (Å²) in [6, 6.07) is 12.2. The van der Waals surface area contributed by atoms with Gasteiger partial charge in [0, 0.05) is 30.5 Å². The number of halogens is 4. The average molecular weight is 503 g/mol. The highest BCUT2D eigenvalue weighted by Crippen LogP contribution is 2.34. The molecule has 1 fully saturated rings. The predicted octanol–water partition coefficient (Wildman–Crippen LogP) is 5.58. The maximum Gasteiger partial charge on any atom is 0.416 e. The van der Waals surface area contributed by atoms with Crippen molar-refractivity contribution in [2.24, 2.45) is 0 Å². The highest BCUT2D eigenvalue weighted by atomic mass is 19.4. The standard InChI is InChI=1S/C26H26F4N4O2/c1-34-11-3-4-21(34)16-36-22-13-18(26(28,29)30)12-20(14-22)33-25(35)23-5-2-10-31-24(23)32-15-17-6-8-19(27)9-7-17/h2,5-10,12-14,21H,3-4,11,15-16H2,1H3,(H,31,32)(H,33,35)/t21-/m0/s1. The van der Waals surface area contributed by atoms with Gasteiger partial charge in [0.2, 0.25) is 0 Å². The van der Waals surface area contributed by atoms with Gasteiger partial charge in [-0.05, 0) is 68.4 Å². The fraction of sp³-hybridized carbons (Fsp3) is 0.308. The fourth-order valence-corrected chi connectivity index (χ4v) is 4.02. The van der Waals surface area contributed by atoms with E-state index >= 15 is 0 Å². The third-order valence-corrected chi connectivity index (χ3v) is 6.03. The Kier molecular flexibility index (Phi) is 7.73. The van der Waals surface area contributed by atoms with Crippen LogP contribution in [0.5, 0.6) is 5.75 Å². The third-order valence-electron chi connectivity index (χ3n) is 6.03. The summed E-state index contributed by atoms with van der Waals surface area (Å²) in [5.41, 5.74) is -0.0538. The minimum atomic E-state index is -4.61. The molecule has 190 valence electrons. The van der Waals surface area contributed by atoms with Gasteiger partial charge in [0.15, 0.2) is 0 Å². The smallest absolute Gasteiger partial charge is 0.416 e. The van der Waals surface area contributed by atoms with E-state index in [0.717, 1.165) is 37.1 Å². The molecule has 0 aliphatic carbocycles. The third kappa shape index (κ3) is 6.51. The Morgan fingerprint density at radius 2 is 1.94 bits per heavy atom. The first kappa shape index (κ1) is 25.4. The first-order valence-corrected chi connectivity index (χ1v) is 11.5. The van der Waals surface area contributed by atoms with Crippen molar-refractivity contribution in [2.45, 2.75) is 31.6 Å². The fourth-order valence-electron chi connectivity index (χ4n) is 4.02. The first-order chi connectivity index (χ1) is 17.2. The van der Waals surface area contributed by atoms with Gasteiger partial charge in [-0.1, -0.05) is 12.1 Å². The average Bonchev–Trinajstić information content (AvgIpc) is 3.26. The summed E-state index contributed by atoms with van der Waals surface area (Å²) in [6.07, 6.45) is -1.20. The molecule has 4 rings (SSSR count). The Balaban J connectivity index is 1.50. The van der Waals surface area contributed by atoms with Gasteiger partial charge in [-0.25, -0.2) is 9.37 Å². The van der Waals surface area contributed by atoms with Crippen LogP contribution in [0.4, 0.5) is 29.1 Å². The zero-order valence-corrected chi connectivity index (χ0v) is 19.6. The highest BCUT2D eigenvalue weighted by molar-refractivity contribution is 6.07. The first-order valence-electron chi connectivity index (χ1n) is 11.5. The van der Waals surface area contributed by atoms with Crippen molar-refractivity contribution in [1.29, 1.82) is 0 Å². The molecule has 2 aromatic carbocycles. The van der Waals surface area contributed by atoms with E-state index in [0.29, 0.717) is 0 Å². The number of pyridine rings is 1. The van der Waals surface area contributed by atoms with E-state index in [1.807, 2.05) is 7.05 Å². The molecule has 0 saturated carbocycles. The van der Waals surface area contributed by atoms with Crippen LogP contribution in [0.25, 0.3) is 0 Å². The molecule has 2 N–H and O–H groups in total. The lowest BCUT2D eigenvalue weighted by molar-refractivity contribution is -0.137. The molecule has 36 heavy (non-hydrogen) atoms. The minimum absolute atomic E-state index is 0.0290. The maximum atomic E-state index is 13.5. The van der Waals surface area contributed by atoms with Crippen LogP contribution >= 0.6 is 0 Å². The van der Waals surface area contributed by atoms with E-state index in [2.05, 4.69) is 20.5 Å². The van der Waals surface area contributed by atoms with Crippen LogP contribution in [0, 0.1) is 5.82 Å². The van der Waals surface area contributed by atoms with E-state index in [1.54, 1.807) is 18.2 Å². The van der Waals surface area contributed by atoms with Crippen molar-refractivity contribution in [3.05, 3.63) is 83.3 Å². The summed E-state index contributed by atoms with van der Waals surface area (Å²) in [5.74, 6) is -0.727. The molecule has 0 bridgehead atoms. The predicted molar refractivity (Wildman–Crippen MR) is 129 cm³/mol. The van der Waals surface area contributed by atoms with Crippen LogP contribution in [0.15, 0.2) is 60.8 Å². The van der Waals surface area contributed by atoms with Crippen molar-refractivity contribution in [3.8, 4) is 5.75 Å². The SMILES string of the molecule is CN1CCC[C@H]1COc1cc(NC(=O)c2cccnc2NCc2ccc(F)cc2)cc(C(F)(F)F)c1. The van der Waals surface area contributed by atoms with Crippen LogP contribution in [0.3, 0.4) is 0 Å². The number of carbonyl (C=O) groups is 1. The number of nitrogens with zero attached hydrogens (tertiary/aromatic N) is 2. The quantitative estimate of drug-likeness (QED) is 0.394. The number of likely N-dealkylation sites (N-methyl/N-ethyl adjacent to an activating group) is 1. The van der Waals surface area contributed by atoms with Gasteiger partial charge >= 0.3 is 6.18 Å². The minimum Gasteiger partial charge on any atom is -0.492 e. The number of likely N-dealkylation sites (tertiary alicyclic amines) is 1. The Bertz CT molecular complexity index is 1200. The van der Waals surface area contributed by atoms with Gasteiger partial charge in [-0.3, -0.25) is 4.79 Å². The number of nitrogens with one attached hydrogen (secondary N) is 2. The van der Waals surface area contributed by atoms with E-state index in [-0.39, 0.29) is 47.8 Å². The molecule has 1 aliphatic rings. The van der Waals surface area contributed by atoms with Gasteiger partial charge in [0.25, 0.3) is 5.91 Å². The molecule has 0 radical (unpaired) electrons. The number of amides is 1. The number of aromatic nitrogens is 1. The molecule has 0 spiro atoms. The second-order valence-electron chi connectivity index (χ2n) is 8.67. The number of hydrogen-bond donors (Lipinski definition) is 2. The highest BCUT2D eigenvalue weighted by Gasteiger charge is 2.32. The molecular weight excluding hydrogens is 476 g/mol. The van der Waals surface area contributed by atoms with Crippen LogP contribution < -0.4 is 15.4 Å². The molecule has 1 aromatic heterocycles. The number of rotatable bonds is 8. The van der Waals surface area contributed by atoms with E-state index in [4.69, 9.17) is 4.74 Å². The summed E-state index contributed by atoms with van der Waals surface area (Å²) in [5, 5.41) is 5.55. The van der Waals surface area contributed by atoms with Crippen molar-refractivity contribution in [2.75, 3.05) is 30.8 Å². The zero-order valence-electron chi connectivity index (χ0n) is 19.6. The molecule has 0 unspecified atom stereocenters. The van der Waals surface area contributed by atoms with Crippen molar-refractivity contribution < 1.29 is 27.1 Å². The maximum absolute atomic E-state index is 13.5. The molecular formula is C26H26F4N4O2. The second kappa shape index (κ2) is 10.9. The lowest BCUT2D eigenvalue weighted by atomic mass is 10.1. The van der Waals surface area contributed by atoms with E-state index < -0.39 is 17.6 Å². The molecule has 1 amide bonds. The molecule has 6 nitrogen and oxygen atoms in total. The Hall–Kier alpha value is -3.66. The van der Waals surface area contributed by atoms with Crippen LogP contribution in [-0.2, 0) is 12.7 Å². The number of alkyl halides is 3. The number of hydrogen-bond acceptors (Lipinski definition) is 5. The van der Waals surface area contributed by atoms with E-state index in [9.17, 15) is 22.4 Å². The van der Waals surface area contributed by atoms with Crippen LogP contribution in [-0.4, -0.2) is 42.0 Å². The molecule has 3 aromatic rings. The number of benzene rings is 2. The van der Waals surface area contributed by atoms with Gasteiger partial charge in [0.1, 0.15) is 24.0 Å². The molecule has 1 saturated heterocycles. The summed E-state index contributed by atoms with van der Waals surface area (Å²) in [7, 11) is 1.95. The topological polar surface area (TPSA) is 66.5 Å². The summed E-state index contributed by atoms with van der Waals surface area (Å²) in [4.78, 5) is 19.3. The monoisotopic (exact) mass is 502 g/mol. The van der Waals surface area contributed by atoms with Crippen LogP contribution in [0.1, 0.15) is 34.3 Å². The van der Waals surface area contributed by atoms with Gasteiger partial charge < -0.3 is 20.3 Å². The molecule has 1 aliphatic heterocycles. The van der Waals surface area contributed by atoms with Gasteiger partial charge in [-0.2, -0.15) is 13.2 Å². The molecule has 1 atom stereocenters. The summed E-state index contributed by atoms with van der Waals surface area (Å²) >= 11 is 0. The van der Waals surface area contributed by atoms with Crippen molar-refractivity contribution in [3.63, 3.8) is 0 Å². The molecule has 2 heterocycles. The number of carbonyl (C=O) groups excluding carboxylic acids is 1. The Labute approximate surface area is 206 Å². The Morgan fingerprint density at radius 1 is 1.17 bits per heavy atom. The zero-order chi connectivity index (χ0) is 25.7. The van der Waals surface area contributed by atoms with Crippen molar-refractivity contribution >= 4 is 17.4 Å². The lowest BCUT2D eigenvalue weighted by Crippen LogP contribution is -2.30. The van der Waals surface area contributed by atoms with E-state index in [1.165, 1.54) is 30.5 Å². The Morgan fingerprint density at radius 3 is 2.64 bits per heavy atom. The largest absolute Gasteiger partial charge is 0.492 e. The molecule has 10 heteroatoms.